The van der Waals surface area contributed by atoms with Crippen LogP contribution < -0.4 is 0 Å². The molecule has 2 unspecified atom stereocenters. The van der Waals surface area contributed by atoms with Crippen LogP contribution in [0, 0.1) is 0 Å². The topological polar surface area (TPSA) is 36.4 Å². The Labute approximate surface area is 101 Å². The van der Waals surface area contributed by atoms with E-state index in [1.807, 2.05) is 30.1 Å². The number of rotatable bonds is 3. The second-order valence-corrected chi connectivity index (χ2v) is 5.41. The highest BCUT2D eigenvalue weighted by molar-refractivity contribution is 7.99. The van der Waals surface area contributed by atoms with Crippen LogP contribution in [0.2, 0.25) is 0 Å². The smallest absolute Gasteiger partial charge is 0.0744 e. The lowest BCUT2D eigenvalue weighted by atomic mass is 10.0. The highest BCUT2D eigenvalue weighted by Gasteiger charge is 2.26. The number of aromatic nitrogens is 1. The molecule has 3 nitrogen and oxygen atoms in total. The largest absolute Gasteiger partial charge is 0.391 e. The Hall–Kier alpha value is -0.580. The first kappa shape index (κ1) is 11.9. The van der Waals surface area contributed by atoms with Gasteiger partial charge in [-0.2, -0.15) is 11.8 Å². The van der Waals surface area contributed by atoms with E-state index in [0.717, 1.165) is 17.9 Å². The summed E-state index contributed by atoms with van der Waals surface area (Å²) in [6, 6.07) is 4.21. The Morgan fingerprint density at radius 3 is 3.25 bits per heavy atom. The SMILES string of the molecule is CN1CCSCC1C(O)Cc1cccnc1. The maximum atomic E-state index is 10.2. The molecular weight excluding hydrogens is 220 g/mol. The van der Waals surface area contributed by atoms with Crippen molar-refractivity contribution in [1.29, 1.82) is 0 Å². The molecule has 1 aliphatic heterocycles. The summed E-state index contributed by atoms with van der Waals surface area (Å²) in [6.07, 6.45) is 4.00. The van der Waals surface area contributed by atoms with Gasteiger partial charge in [0.25, 0.3) is 0 Å². The molecule has 1 aromatic heterocycles. The van der Waals surface area contributed by atoms with Crippen LogP contribution >= 0.6 is 11.8 Å². The number of thioether (sulfide) groups is 1. The average Bonchev–Trinajstić information content (AvgIpc) is 2.31. The quantitative estimate of drug-likeness (QED) is 0.853. The summed E-state index contributed by atoms with van der Waals surface area (Å²) in [5, 5.41) is 10.2. The maximum absolute atomic E-state index is 10.2. The third-order valence-corrected chi connectivity index (χ3v) is 4.10. The summed E-state index contributed by atoms with van der Waals surface area (Å²) in [6.45, 7) is 1.07. The zero-order chi connectivity index (χ0) is 11.4. The normalized spacial score (nSPS) is 24.2. The van der Waals surface area contributed by atoms with Gasteiger partial charge in [-0.3, -0.25) is 9.88 Å². The summed E-state index contributed by atoms with van der Waals surface area (Å²) in [5.74, 6) is 2.20. The van der Waals surface area contributed by atoms with Crippen molar-refractivity contribution in [2.45, 2.75) is 18.6 Å². The predicted octanol–water partition coefficient (Wildman–Crippen LogP) is 1.03. The lowest BCUT2D eigenvalue weighted by Crippen LogP contribution is -2.47. The predicted molar refractivity (Wildman–Crippen MR) is 67.7 cm³/mol. The van der Waals surface area contributed by atoms with Gasteiger partial charge in [-0.1, -0.05) is 6.07 Å². The van der Waals surface area contributed by atoms with Crippen molar-refractivity contribution in [1.82, 2.24) is 9.88 Å². The lowest BCUT2D eigenvalue weighted by molar-refractivity contribution is 0.0763. The Morgan fingerprint density at radius 2 is 2.56 bits per heavy atom. The van der Waals surface area contributed by atoms with Crippen LogP contribution in [-0.4, -0.2) is 52.2 Å². The molecule has 2 heterocycles. The number of hydrogen-bond donors (Lipinski definition) is 1. The fraction of sp³-hybridized carbons (Fsp3) is 0.583. The second kappa shape index (κ2) is 5.66. The Balaban J connectivity index is 1.94. The zero-order valence-corrected chi connectivity index (χ0v) is 10.4. The van der Waals surface area contributed by atoms with E-state index in [-0.39, 0.29) is 12.1 Å². The molecule has 0 spiro atoms. The number of likely N-dealkylation sites (N-methyl/N-ethyl adjacent to an activating group) is 1. The first-order valence-electron chi connectivity index (χ1n) is 5.62. The first-order chi connectivity index (χ1) is 7.77. The highest BCUT2D eigenvalue weighted by atomic mass is 32.2. The van der Waals surface area contributed by atoms with Gasteiger partial charge in [0.2, 0.25) is 0 Å². The molecule has 0 bridgehead atoms. The molecule has 1 aromatic rings. The van der Waals surface area contributed by atoms with Gasteiger partial charge in [0.1, 0.15) is 0 Å². The van der Waals surface area contributed by atoms with Gasteiger partial charge in [-0.05, 0) is 18.7 Å². The van der Waals surface area contributed by atoms with Crippen molar-refractivity contribution in [2.75, 3.05) is 25.1 Å². The van der Waals surface area contributed by atoms with E-state index in [1.54, 1.807) is 6.20 Å². The van der Waals surface area contributed by atoms with Crippen LogP contribution in [-0.2, 0) is 6.42 Å². The van der Waals surface area contributed by atoms with Crippen LogP contribution in [0.3, 0.4) is 0 Å². The third kappa shape index (κ3) is 2.97. The van der Waals surface area contributed by atoms with Crippen molar-refractivity contribution in [3.05, 3.63) is 30.1 Å². The molecule has 2 rings (SSSR count). The van der Waals surface area contributed by atoms with Gasteiger partial charge >= 0.3 is 0 Å². The summed E-state index contributed by atoms with van der Waals surface area (Å²) in [5.41, 5.74) is 1.11. The number of pyridine rings is 1. The molecular formula is C12H18N2OS. The minimum atomic E-state index is -0.290. The number of hydrogen-bond acceptors (Lipinski definition) is 4. The van der Waals surface area contributed by atoms with E-state index in [4.69, 9.17) is 0 Å². The molecule has 0 amide bonds. The summed E-state index contributed by atoms with van der Waals surface area (Å²) < 4.78 is 0. The number of aliphatic hydroxyl groups excluding tert-OH is 1. The van der Waals surface area contributed by atoms with Crippen molar-refractivity contribution in [3.63, 3.8) is 0 Å². The Morgan fingerprint density at radius 1 is 1.69 bits per heavy atom. The van der Waals surface area contributed by atoms with Crippen molar-refractivity contribution >= 4 is 11.8 Å². The van der Waals surface area contributed by atoms with Crippen LogP contribution in [0.1, 0.15) is 5.56 Å². The second-order valence-electron chi connectivity index (χ2n) is 4.26. The molecule has 1 N–H and O–H groups in total. The minimum absolute atomic E-state index is 0.277. The van der Waals surface area contributed by atoms with Gasteiger partial charge < -0.3 is 5.11 Å². The van der Waals surface area contributed by atoms with E-state index >= 15 is 0 Å². The summed E-state index contributed by atoms with van der Waals surface area (Å²) >= 11 is 1.93. The maximum Gasteiger partial charge on any atom is 0.0744 e. The monoisotopic (exact) mass is 238 g/mol. The molecule has 0 saturated carbocycles. The number of nitrogens with zero attached hydrogens (tertiary/aromatic N) is 2. The van der Waals surface area contributed by atoms with Crippen LogP contribution in [0.5, 0.6) is 0 Å². The first-order valence-corrected chi connectivity index (χ1v) is 6.78. The molecule has 1 saturated heterocycles. The van der Waals surface area contributed by atoms with E-state index in [1.165, 1.54) is 5.75 Å². The van der Waals surface area contributed by atoms with Gasteiger partial charge in [0, 0.05) is 42.9 Å². The minimum Gasteiger partial charge on any atom is -0.391 e. The molecule has 0 aromatic carbocycles. The zero-order valence-electron chi connectivity index (χ0n) is 9.54. The Bertz CT molecular complexity index is 320. The fourth-order valence-corrected chi connectivity index (χ4v) is 3.31. The number of aliphatic hydroxyl groups is 1. The van der Waals surface area contributed by atoms with Gasteiger partial charge in [0.05, 0.1) is 6.10 Å². The van der Waals surface area contributed by atoms with E-state index < -0.39 is 0 Å². The van der Waals surface area contributed by atoms with E-state index in [0.29, 0.717) is 6.42 Å². The van der Waals surface area contributed by atoms with Crippen LogP contribution in [0.15, 0.2) is 24.5 Å². The molecule has 0 aliphatic carbocycles. The average molecular weight is 238 g/mol. The van der Waals surface area contributed by atoms with Gasteiger partial charge in [-0.15, -0.1) is 0 Å². The van der Waals surface area contributed by atoms with E-state index in [2.05, 4.69) is 16.9 Å². The summed E-state index contributed by atoms with van der Waals surface area (Å²) in [4.78, 5) is 6.33. The molecule has 1 aliphatic rings. The molecule has 88 valence electrons. The van der Waals surface area contributed by atoms with E-state index in [9.17, 15) is 5.11 Å². The highest BCUT2D eigenvalue weighted by Crippen LogP contribution is 2.19. The molecule has 4 heteroatoms. The Kier molecular flexibility index (Phi) is 4.21. The van der Waals surface area contributed by atoms with Gasteiger partial charge in [-0.25, -0.2) is 0 Å². The van der Waals surface area contributed by atoms with Crippen molar-refractivity contribution in [2.24, 2.45) is 0 Å². The van der Waals surface area contributed by atoms with Gasteiger partial charge in [0.15, 0.2) is 0 Å². The standard InChI is InChI=1S/C12H18N2OS/c1-14-5-6-16-9-11(14)12(15)7-10-3-2-4-13-8-10/h2-4,8,11-12,15H,5-7,9H2,1H3. The lowest BCUT2D eigenvalue weighted by Gasteiger charge is -2.35. The van der Waals surface area contributed by atoms with Crippen molar-refractivity contribution in [3.8, 4) is 0 Å². The molecule has 0 radical (unpaired) electrons. The van der Waals surface area contributed by atoms with Crippen LogP contribution in [0.4, 0.5) is 0 Å². The fourth-order valence-electron chi connectivity index (χ4n) is 2.01. The summed E-state index contributed by atoms with van der Waals surface area (Å²) in [7, 11) is 2.09. The van der Waals surface area contributed by atoms with Crippen molar-refractivity contribution < 1.29 is 5.11 Å². The molecule has 1 fully saturated rings. The van der Waals surface area contributed by atoms with Crippen LogP contribution in [0.25, 0.3) is 0 Å². The third-order valence-electron chi connectivity index (χ3n) is 3.05. The molecule has 2 atom stereocenters. The molecule has 16 heavy (non-hydrogen) atoms.